The third-order valence-electron chi connectivity index (χ3n) is 3.11. The van der Waals surface area contributed by atoms with Crippen molar-refractivity contribution in [1.29, 1.82) is 0 Å². The molecule has 0 aromatic heterocycles. The summed E-state index contributed by atoms with van der Waals surface area (Å²) in [5, 5.41) is 0. The highest BCUT2D eigenvalue weighted by atomic mass is 31.2. The monoisotopic (exact) mass is 325 g/mol. The Kier molecular flexibility index (Phi) is 15.2. The van der Waals surface area contributed by atoms with Gasteiger partial charge in [0.25, 0.3) is 0 Å². The molecule has 3 N–H and O–H groups in total. The van der Waals surface area contributed by atoms with E-state index in [9.17, 15) is 4.57 Å². The van der Waals surface area contributed by atoms with Crippen LogP contribution in [-0.2, 0) is 13.6 Å². The highest BCUT2D eigenvalue weighted by Crippen LogP contribution is 2.42. The summed E-state index contributed by atoms with van der Waals surface area (Å²) in [6.07, 6.45) is 8.61. The summed E-state index contributed by atoms with van der Waals surface area (Å²) in [6, 6.07) is 0. The normalized spacial score (nSPS) is 12.0. The van der Waals surface area contributed by atoms with Crippen LogP contribution in [0.15, 0.2) is 0 Å². The Morgan fingerprint density at radius 2 is 1.33 bits per heavy atom. The van der Waals surface area contributed by atoms with Gasteiger partial charge in [-0.15, -0.1) is 0 Å². The van der Waals surface area contributed by atoms with E-state index in [1.807, 2.05) is 0 Å². The molecule has 0 atom stereocenters. The molecule has 0 amide bonds. The van der Waals surface area contributed by atoms with Gasteiger partial charge in [-0.1, -0.05) is 46.5 Å². The minimum atomic E-state index is -3.69. The summed E-state index contributed by atoms with van der Waals surface area (Å²) < 4.78 is 19.2. The zero-order chi connectivity index (χ0) is 16.8. The van der Waals surface area contributed by atoms with Crippen molar-refractivity contribution in [3.63, 3.8) is 0 Å². The standard InChI is InChI=1S/C11H25N.C4H11O4P/c1-4-7-10-11(12,8-5-2)9-6-3;1-3-7-9(5,6)8-4-2/h4-10,12H2,1-3H3;3-4H2,1-2H3,(H,5,6). The molecule has 5 nitrogen and oxygen atoms in total. The first-order chi connectivity index (χ1) is 9.80. The highest BCUT2D eigenvalue weighted by Gasteiger charge is 2.21. The van der Waals surface area contributed by atoms with Crippen LogP contribution in [0, 0.1) is 0 Å². The average Bonchev–Trinajstić information content (AvgIpc) is 2.37. The van der Waals surface area contributed by atoms with E-state index in [4.69, 9.17) is 10.6 Å². The summed E-state index contributed by atoms with van der Waals surface area (Å²) in [4.78, 5) is 8.63. The number of phosphoric acid groups is 1. The van der Waals surface area contributed by atoms with Gasteiger partial charge in [-0.25, -0.2) is 4.57 Å². The van der Waals surface area contributed by atoms with Crippen LogP contribution in [0.3, 0.4) is 0 Å². The summed E-state index contributed by atoms with van der Waals surface area (Å²) in [6.45, 7) is 10.3. The minimum absolute atomic E-state index is 0.152. The molecule has 6 heteroatoms. The maximum Gasteiger partial charge on any atom is 0.472 e. The largest absolute Gasteiger partial charge is 0.472 e. The van der Waals surface area contributed by atoms with Crippen molar-refractivity contribution in [1.82, 2.24) is 0 Å². The summed E-state index contributed by atoms with van der Waals surface area (Å²) >= 11 is 0. The molecule has 0 aromatic rings. The molecule has 0 saturated heterocycles. The molecule has 0 unspecified atom stereocenters. The molecule has 0 fully saturated rings. The van der Waals surface area contributed by atoms with Crippen molar-refractivity contribution in [2.24, 2.45) is 5.73 Å². The quantitative estimate of drug-likeness (QED) is 0.541. The van der Waals surface area contributed by atoms with Crippen LogP contribution in [0.4, 0.5) is 0 Å². The Balaban J connectivity index is 0. The van der Waals surface area contributed by atoms with Gasteiger partial charge in [0.1, 0.15) is 0 Å². The number of nitrogens with two attached hydrogens (primary N) is 1. The van der Waals surface area contributed by atoms with Crippen LogP contribution in [0.5, 0.6) is 0 Å². The zero-order valence-corrected chi connectivity index (χ0v) is 15.5. The van der Waals surface area contributed by atoms with Crippen LogP contribution in [-0.4, -0.2) is 23.6 Å². The van der Waals surface area contributed by atoms with Crippen molar-refractivity contribution in [2.75, 3.05) is 13.2 Å². The van der Waals surface area contributed by atoms with Crippen molar-refractivity contribution >= 4 is 7.82 Å². The van der Waals surface area contributed by atoms with Crippen LogP contribution in [0.25, 0.3) is 0 Å². The molecule has 0 spiro atoms. The second-order valence-corrected chi connectivity index (χ2v) is 6.72. The van der Waals surface area contributed by atoms with E-state index < -0.39 is 7.82 Å². The minimum Gasteiger partial charge on any atom is -0.325 e. The fourth-order valence-electron chi connectivity index (χ4n) is 2.26. The lowest BCUT2D eigenvalue weighted by Crippen LogP contribution is -2.39. The Labute approximate surface area is 131 Å². The van der Waals surface area contributed by atoms with Gasteiger partial charge in [-0.05, 0) is 33.1 Å². The molecule has 0 rings (SSSR count). The smallest absolute Gasteiger partial charge is 0.325 e. The molecule has 0 aromatic carbocycles. The van der Waals surface area contributed by atoms with Crippen LogP contribution >= 0.6 is 7.82 Å². The highest BCUT2D eigenvalue weighted by molar-refractivity contribution is 7.47. The van der Waals surface area contributed by atoms with E-state index >= 15 is 0 Å². The van der Waals surface area contributed by atoms with Crippen LogP contribution in [0.2, 0.25) is 0 Å². The molecular formula is C15H36NO4P. The van der Waals surface area contributed by atoms with Crippen molar-refractivity contribution in [2.45, 2.75) is 85.1 Å². The predicted octanol–water partition coefficient (Wildman–Crippen LogP) is 4.63. The van der Waals surface area contributed by atoms with E-state index in [0.717, 1.165) is 0 Å². The lowest BCUT2D eigenvalue weighted by molar-refractivity contribution is 0.161. The maximum atomic E-state index is 10.5. The fourth-order valence-corrected chi connectivity index (χ4v) is 2.99. The molecule has 21 heavy (non-hydrogen) atoms. The second kappa shape index (κ2) is 13.7. The molecule has 0 saturated carbocycles. The predicted molar refractivity (Wildman–Crippen MR) is 89.3 cm³/mol. The second-order valence-electron chi connectivity index (χ2n) is 5.27. The number of unbranched alkanes of at least 4 members (excludes halogenated alkanes) is 1. The van der Waals surface area contributed by atoms with Gasteiger partial charge in [0.05, 0.1) is 13.2 Å². The van der Waals surface area contributed by atoms with Gasteiger partial charge in [-0.2, -0.15) is 0 Å². The van der Waals surface area contributed by atoms with E-state index in [0.29, 0.717) is 0 Å². The molecule has 0 bridgehead atoms. The first-order valence-electron chi connectivity index (χ1n) is 8.21. The van der Waals surface area contributed by atoms with Gasteiger partial charge in [0.2, 0.25) is 0 Å². The molecule has 0 aliphatic rings. The Hall–Kier alpha value is 0.0700. The van der Waals surface area contributed by atoms with E-state index in [1.165, 1.54) is 44.9 Å². The van der Waals surface area contributed by atoms with E-state index in [-0.39, 0.29) is 18.8 Å². The van der Waals surface area contributed by atoms with Gasteiger partial charge >= 0.3 is 7.82 Å². The molecule has 0 heterocycles. The SMILES string of the molecule is CCCCC(N)(CCC)CCC.CCOP(=O)(O)OCC. The topological polar surface area (TPSA) is 81.8 Å². The number of phosphoric ester groups is 1. The van der Waals surface area contributed by atoms with E-state index in [2.05, 4.69) is 29.8 Å². The van der Waals surface area contributed by atoms with Gasteiger partial charge < -0.3 is 10.6 Å². The lowest BCUT2D eigenvalue weighted by Gasteiger charge is -2.28. The fraction of sp³-hybridized carbons (Fsp3) is 1.00. The van der Waals surface area contributed by atoms with Crippen molar-refractivity contribution in [3.05, 3.63) is 0 Å². The van der Waals surface area contributed by atoms with Crippen LogP contribution < -0.4 is 5.73 Å². The third-order valence-corrected chi connectivity index (χ3v) is 4.28. The van der Waals surface area contributed by atoms with Crippen LogP contribution in [0.1, 0.15) is 79.6 Å². The van der Waals surface area contributed by atoms with Crippen molar-refractivity contribution < 1.29 is 18.5 Å². The summed E-state index contributed by atoms with van der Waals surface area (Å²) in [5.74, 6) is 0. The number of hydrogen-bond acceptors (Lipinski definition) is 4. The maximum absolute atomic E-state index is 10.5. The van der Waals surface area contributed by atoms with Gasteiger partial charge in [-0.3, -0.25) is 9.05 Å². The first-order valence-corrected chi connectivity index (χ1v) is 9.71. The Morgan fingerprint density at radius 1 is 0.905 bits per heavy atom. The molecule has 0 radical (unpaired) electrons. The zero-order valence-electron chi connectivity index (χ0n) is 14.6. The summed E-state index contributed by atoms with van der Waals surface area (Å²) in [5.41, 5.74) is 6.46. The van der Waals surface area contributed by atoms with Crippen molar-refractivity contribution in [3.8, 4) is 0 Å². The van der Waals surface area contributed by atoms with Gasteiger partial charge in [0, 0.05) is 5.54 Å². The lowest BCUT2D eigenvalue weighted by atomic mass is 9.85. The Bertz CT molecular complexity index is 258. The molecule has 0 aliphatic carbocycles. The molecule has 0 aliphatic heterocycles. The summed E-state index contributed by atoms with van der Waals surface area (Å²) in [7, 11) is -3.69. The van der Waals surface area contributed by atoms with E-state index in [1.54, 1.807) is 13.8 Å². The number of rotatable bonds is 11. The number of hydrogen-bond donors (Lipinski definition) is 2. The first kappa shape index (κ1) is 23.3. The average molecular weight is 325 g/mol. The molecule has 130 valence electrons. The third kappa shape index (κ3) is 14.8. The van der Waals surface area contributed by atoms with Gasteiger partial charge in [0.15, 0.2) is 0 Å². The molecular weight excluding hydrogens is 289 g/mol. The Morgan fingerprint density at radius 3 is 1.62 bits per heavy atom.